The first-order chi connectivity index (χ1) is 15.0. The van der Waals surface area contributed by atoms with Crippen LogP contribution in [0.15, 0.2) is 54.1 Å². The van der Waals surface area contributed by atoms with Gasteiger partial charge in [-0.05, 0) is 42.0 Å². The molecule has 2 aromatic carbocycles. The molecule has 1 N–H and O–H groups in total. The topological polar surface area (TPSA) is 70.1 Å². The molecule has 0 aliphatic carbocycles. The van der Waals surface area contributed by atoms with E-state index in [0.29, 0.717) is 25.3 Å². The third-order valence-electron chi connectivity index (χ3n) is 5.60. The number of carbonyl (C=O) groups excluding carboxylic acids is 2. The molecule has 31 heavy (non-hydrogen) atoms. The number of hydrogen-bond acceptors (Lipinski definition) is 5. The van der Waals surface area contributed by atoms with Crippen molar-refractivity contribution in [3.63, 3.8) is 0 Å². The maximum atomic E-state index is 13.5. The number of amides is 1. The lowest BCUT2D eigenvalue weighted by Crippen LogP contribution is -2.42. The molecule has 0 aromatic heterocycles. The number of carbonyl (C=O) groups is 2. The van der Waals surface area contributed by atoms with E-state index in [1.165, 1.54) is 41.3 Å². The number of aliphatic hydroxyl groups excluding tert-OH is 1. The second-order valence-electron chi connectivity index (χ2n) is 7.50. The van der Waals surface area contributed by atoms with Crippen LogP contribution in [-0.2, 0) is 14.3 Å². The number of nitrogens with zero attached hydrogens (tertiary/aromatic N) is 2. The van der Waals surface area contributed by atoms with E-state index in [1.54, 1.807) is 0 Å². The first-order valence-electron chi connectivity index (χ1n) is 10.1. The number of Topliss-reactive ketones (excluding diaryl/α,β-unsaturated/α-hetero) is 1. The van der Waals surface area contributed by atoms with Crippen molar-refractivity contribution in [2.75, 3.05) is 39.4 Å². The summed E-state index contributed by atoms with van der Waals surface area (Å²) in [5.74, 6) is -2.88. The molecule has 0 radical (unpaired) electrons. The summed E-state index contributed by atoms with van der Waals surface area (Å²) in [6.45, 7) is 3.44. The number of likely N-dealkylation sites (tertiary alicyclic amines) is 1. The fraction of sp³-hybridized carbons (Fsp3) is 0.304. The number of hydrogen-bond donors (Lipinski definition) is 1. The van der Waals surface area contributed by atoms with Gasteiger partial charge in [0.2, 0.25) is 0 Å². The number of aliphatic hydroxyl groups is 1. The van der Waals surface area contributed by atoms with E-state index in [9.17, 15) is 23.5 Å². The summed E-state index contributed by atoms with van der Waals surface area (Å²) < 4.78 is 32.2. The quantitative estimate of drug-likeness (QED) is 0.451. The molecule has 0 unspecified atom stereocenters. The Bertz CT molecular complexity index is 999. The van der Waals surface area contributed by atoms with Gasteiger partial charge in [0.15, 0.2) is 0 Å². The molecule has 2 fully saturated rings. The number of ketones is 1. The van der Waals surface area contributed by atoms with E-state index >= 15 is 0 Å². The van der Waals surface area contributed by atoms with Crippen molar-refractivity contribution >= 4 is 17.4 Å². The highest BCUT2D eigenvalue weighted by Crippen LogP contribution is 2.39. The van der Waals surface area contributed by atoms with Gasteiger partial charge in [0.1, 0.15) is 17.4 Å². The van der Waals surface area contributed by atoms with Crippen LogP contribution >= 0.6 is 0 Å². The van der Waals surface area contributed by atoms with E-state index in [2.05, 4.69) is 4.90 Å². The molecule has 2 saturated heterocycles. The van der Waals surface area contributed by atoms with Crippen molar-refractivity contribution in [1.82, 2.24) is 9.80 Å². The molecule has 1 amide bonds. The molecule has 162 valence electrons. The maximum Gasteiger partial charge on any atom is 0.295 e. The number of rotatable bonds is 5. The molecule has 8 heteroatoms. The first kappa shape index (κ1) is 21.1. The SMILES string of the molecule is O=C1C(=O)N(CCN2CCOCC2)[C@H](c2ccc(F)cc2)/C1=C(\O)c1ccc(F)cc1. The lowest BCUT2D eigenvalue weighted by Gasteiger charge is -2.31. The lowest BCUT2D eigenvalue weighted by molar-refractivity contribution is -0.140. The maximum absolute atomic E-state index is 13.5. The van der Waals surface area contributed by atoms with Crippen molar-refractivity contribution in [1.29, 1.82) is 0 Å². The normalized spacial score (nSPS) is 21.6. The highest BCUT2D eigenvalue weighted by Gasteiger charge is 2.46. The summed E-state index contributed by atoms with van der Waals surface area (Å²) in [7, 11) is 0. The van der Waals surface area contributed by atoms with Crippen molar-refractivity contribution in [2.45, 2.75) is 6.04 Å². The van der Waals surface area contributed by atoms with Gasteiger partial charge in [-0.25, -0.2) is 8.78 Å². The van der Waals surface area contributed by atoms with Crippen molar-refractivity contribution in [2.24, 2.45) is 0 Å². The smallest absolute Gasteiger partial charge is 0.295 e. The van der Waals surface area contributed by atoms with Crippen LogP contribution in [0.25, 0.3) is 5.76 Å². The standard InChI is InChI=1S/C23H22F2N2O4/c24-17-5-1-15(2-6-17)20-19(21(28)16-3-7-18(25)8-4-16)22(29)23(30)27(20)10-9-26-11-13-31-14-12-26/h1-8,20,28H,9-14H2/b21-19+/t20-/m1/s1. The molecule has 0 bridgehead atoms. The van der Waals surface area contributed by atoms with Gasteiger partial charge in [-0.15, -0.1) is 0 Å². The monoisotopic (exact) mass is 428 g/mol. The zero-order valence-corrected chi connectivity index (χ0v) is 16.8. The minimum atomic E-state index is -0.869. The van der Waals surface area contributed by atoms with Crippen LogP contribution in [0.3, 0.4) is 0 Å². The van der Waals surface area contributed by atoms with Gasteiger partial charge < -0.3 is 14.7 Å². The fourth-order valence-electron chi connectivity index (χ4n) is 3.94. The molecule has 0 saturated carbocycles. The summed E-state index contributed by atoms with van der Waals surface area (Å²) >= 11 is 0. The predicted octanol–water partition coefficient (Wildman–Crippen LogP) is 2.72. The third kappa shape index (κ3) is 4.35. The third-order valence-corrected chi connectivity index (χ3v) is 5.60. The Labute approximate surface area is 178 Å². The minimum absolute atomic E-state index is 0.0924. The average Bonchev–Trinajstić information content (AvgIpc) is 3.04. The van der Waals surface area contributed by atoms with Gasteiger partial charge in [0.05, 0.1) is 24.8 Å². The minimum Gasteiger partial charge on any atom is -0.507 e. The van der Waals surface area contributed by atoms with Crippen LogP contribution in [-0.4, -0.2) is 66.0 Å². The molecule has 2 aliphatic rings. The van der Waals surface area contributed by atoms with Crippen LogP contribution < -0.4 is 0 Å². The summed E-state index contributed by atoms with van der Waals surface area (Å²) in [5, 5.41) is 10.9. The van der Waals surface area contributed by atoms with Gasteiger partial charge in [-0.2, -0.15) is 0 Å². The molecule has 6 nitrogen and oxygen atoms in total. The van der Waals surface area contributed by atoms with Gasteiger partial charge in [0.25, 0.3) is 11.7 Å². The predicted molar refractivity (Wildman–Crippen MR) is 109 cm³/mol. The van der Waals surface area contributed by atoms with Gasteiger partial charge in [-0.3, -0.25) is 14.5 Å². The summed E-state index contributed by atoms with van der Waals surface area (Å²) in [5.41, 5.74) is 0.635. The zero-order valence-electron chi connectivity index (χ0n) is 16.8. The van der Waals surface area contributed by atoms with Crippen molar-refractivity contribution in [3.8, 4) is 0 Å². The van der Waals surface area contributed by atoms with Gasteiger partial charge in [0, 0.05) is 31.7 Å². The highest BCUT2D eigenvalue weighted by atomic mass is 19.1. The number of halogens is 2. The fourth-order valence-corrected chi connectivity index (χ4v) is 3.94. The number of ether oxygens (including phenoxy) is 1. The number of benzene rings is 2. The van der Waals surface area contributed by atoms with E-state index in [1.807, 2.05) is 0 Å². The Hall–Kier alpha value is -3.10. The van der Waals surface area contributed by atoms with Crippen LogP contribution in [0.1, 0.15) is 17.2 Å². The van der Waals surface area contributed by atoms with E-state index in [-0.39, 0.29) is 23.4 Å². The molecular formula is C23H22F2N2O4. The Morgan fingerprint density at radius 2 is 1.52 bits per heavy atom. The number of morpholine rings is 1. The van der Waals surface area contributed by atoms with Gasteiger partial charge >= 0.3 is 0 Å². The second kappa shape index (κ2) is 8.95. The van der Waals surface area contributed by atoms with Crippen molar-refractivity contribution in [3.05, 3.63) is 76.9 Å². The zero-order chi connectivity index (χ0) is 22.0. The Kier molecular flexibility index (Phi) is 6.11. The molecule has 1 atom stereocenters. The largest absolute Gasteiger partial charge is 0.507 e. The highest BCUT2D eigenvalue weighted by molar-refractivity contribution is 6.46. The molecule has 2 aromatic rings. The van der Waals surface area contributed by atoms with Crippen LogP contribution in [0.4, 0.5) is 8.78 Å². The average molecular weight is 428 g/mol. The molecule has 2 aliphatic heterocycles. The van der Waals surface area contributed by atoms with Crippen LogP contribution in [0.5, 0.6) is 0 Å². The van der Waals surface area contributed by atoms with E-state index in [0.717, 1.165) is 25.2 Å². The summed E-state index contributed by atoms with van der Waals surface area (Å²) in [6.07, 6.45) is 0. The lowest BCUT2D eigenvalue weighted by atomic mass is 9.95. The molecule has 2 heterocycles. The first-order valence-corrected chi connectivity index (χ1v) is 10.1. The summed E-state index contributed by atoms with van der Waals surface area (Å²) in [6, 6.07) is 9.61. The molecular weight excluding hydrogens is 406 g/mol. The van der Waals surface area contributed by atoms with Crippen LogP contribution in [0.2, 0.25) is 0 Å². The summed E-state index contributed by atoms with van der Waals surface area (Å²) in [4.78, 5) is 29.3. The Morgan fingerprint density at radius 1 is 0.935 bits per heavy atom. The second-order valence-corrected chi connectivity index (χ2v) is 7.50. The molecule has 4 rings (SSSR count). The van der Waals surface area contributed by atoms with E-state index < -0.39 is 29.4 Å². The van der Waals surface area contributed by atoms with Gasteiger partial charge in [-0.1, -0.05) is 12.1 Å². The van der Waals surface area contributed by atoms with Crippen molar-refractivity contribution < 1.29 is 28.2 Å². The van der Waals surface area contributed by atoms with E-state index in [4.69, 9.17) is 4.74 Å². The Balaban J connectivity index is 1.72. The van der Waals surface area contributed by atoms with Crippen LogP contribution in [0, 0.1) is 11.6 Å². The Morgan fingerprint density at radius 3 is 2.13 bits per heavy atom. The molecule has 0 spiro atoms.